The first-order valence-corrected chi connectivity index (χ1v) is 11.9. The molecule has 1 unspecified atom stereocenters. The van der Waals surface area contributed by atoms with Crippen molar-refractivity contribution in [3.05, 3.63) is 59.9 Å². The van der Waals surface area contributed by atoms with E-state index in [4.69, 9.17) is 0 Å². The Morgan fingerprint density at radius 2 is 1.60 bits per heavy atom. The van der Waals surface area contributed by atoms with Crippen molar-refractivity contribution in [2.45, 2.75) is 26.3 Å². The van der Waals surface area contributed by atoms with Crippen LogP contribution < -0.4 is 9.21 Å². The predicted molar refractivity (Wildman–Crippen MR) is 118 cm³/mol. The van der Waals surface area contributed by atoms with Gasteiger partial charge in [0.1, 0.15) is 11.9 Å². The van der Waals surface area contributed by atoms with Crippen LogP contribution in [0.5, 0.6) is 0 Å². The van der Waals surface area contributed by atoms with E-state index in [1.165, 1.54) is 16.4 Å². The van der Waals surface area contributed by atoms with Crippen LogP contribution in [0.25, 0.3) is 0 Å². The number of nitrogens with zero attached hydrogens (tertiary/aromatic N) is 3. The van der Waals surface area contributed by atoms with Gasteiger partial charge in [-0.2, -0.15) is 0 Å². The Bertz CT molecular complexity index is 970. The van der Waals surface area contributed by atoms with Crippen LogP contribution in [0.1, 0.15) is 18.9 Å². The van der Waals surface area contributed by atoms with Crippen LogP contribution in [0.4, 0.5) is 15.8 Å². The summed E-state index contributed by atoms with van der Waals surface area (Å²) in [6.07, 6.45) is 1.51. The SMILES string of the molecule is CCC(C(=O)N1CCN(c2ccc(F)cc2)CC1)N(c1ccc(C)cc1)S(C)(=O)=O. The van der Waals surface area contributed by atoms with Gasteiger partial charge in [0.15, 0.2) is 0 Å². The molecule has 0 N–H and O–H groups in total. The van der Waals surface area contributed by atoms with Gasteiger partial charge in [-0.25, -0.2) is 12.8 Å². The third-order valence-corrected chi connectivity index (χ3v) is 6.56. The molecular formula is C22H28FN3O3S. The average Bonchev–Trinajstić information content (AvgIpc) is 2.72. The van der Waals surface area contributed by atoms with E-state index in [1.807, 2.05) is 26.0 Å². The molecule has 30 heavy (non-hydrogen) atoms. The van der Waals surface area contributed by atoms with Crippen molar-refractivity contribution in [3.8, 4) is 0 Å². The molecule has 0 saturated carbocycles. The summed E-state index contributed by atoms with van der Waals surface area (Å²) in [7, 11) is -3.64. The monoisotopic (exact) mass is 433 g/mol. The zero-order chi connectivity index (χ0) is 21.9. The lowest BCUT2D eigenvalue weighted by Gasteiger charge is -2.39. The Hall–Kier alpha value is -2.61. The zero-order valence-electron chi connectivity index (χ0n) is 17.6. The lowest BCUT2D eigenvalue weighted by molar-refractivity contribution is -0.132. The molecule has 1 atom stereocenters. The van der Waals surface area contributed by atoms with Gasteiger partial charge < -0.3 is 9.80 Å². The first-order chi connectivity index (χ1) is 14.2. The van der Waals surface area contributed by atoms with Gasteiger partial charge in [0.05, 0.1) is 11.9 Å². The van der Waals surface area contributed by atoms with Crippen LogP contribution in [0, 0.1) is 12.7 Å². The average molecular weight is 434 g/mol. The molecule has 6 nitrogen and oxygen atoms in total. The van der Waals surface area contributed by atoms with Gasteiger partial charge in [-0.1, -0.05) is 24.6 Å². The number of piperazine rings is 1. The van der Waals surface area contributed by atoms with Crippen molar-refractivity contribution < 1.29 is 17.6 Å². The van der Waals surface area contributed by atoms with E-state index < -0.39 is 16.1 Å². The molecule has 3 rings (SSSR count). The van der Waals surface area contributed by atoms with E-state index in [-0.39, 0.29) is 11.7 Å². The van der Waals surface area contributed by atoms with Crippen LogP contribution >= 0.6 is 0 Å². The van der Waals surface area contributed by atoms with Crippen LogP contribution in [-0.4, -0.2) is 57.7 Å². The molecule has 0 radical (unpaired) electrons. The molecule has 0 bridgehead atoms. The standard InChI is InChI=1S/C22H28FN3O3S/c1-4-21(26(30(3,28)29)20-9-5-17(2)6-10-20)22(27)25-15-13-24(14-16-25)19-11-7-18(23)8-12-19/h5-12,21H,4,13-16H2,1-3H3. The maximum atomic E-state index is 13.3. The van der Waals surface area contributed by atoms with Gasteiger partial charge in [0.25, 0.3) is 0 Å². The molecule has 8 heteroatoms. The van der Waals surface area contributed by atoms with Crippen molar-refractivity contribution in [2.24, 2.45) is 0 Å². The fraction of sp³-hybridized carbons (Fsp3) is 0.409. The number of hydrogen-bond acceptors (Lipinski definition) is 4. The molecule has 1 fully saturated rings. The molecule has 1 aliphatic heterocycles. The van der Waals surface area contributed by atoms with E-state index >= 15 is 0 Å². The number of carbonyl (C=O) groups excluding carboxylic acids is 1. The van der Waals surface area contributed by atoms with Crippen molar-refractivity contribution in [1.29, 1.82) is 0 Å². The largest absolute Gasteiger partial charge is 0.368 e. The number of rotatable bonds is 6. The summed E-state index contributed by atoms with van der Waals surface area (Å²) >= 11 is 0. The molecule has 0 aliphatic carbocycles. The number of halogens is 1. The van der Waals surface area contributed by atoms with Crippen molar-refractivity contribution in [3.63, 3.8) is 0 Å². The summed E-state index contributed by atoms with van der Waals surface area (Å²) in [4.78, 5) is 17.1. The molecule has 1 saturated heterocycles. The minimum atomic E-state index is -3.64. The summed E-state index contributed by atoms with van der Waals surface area (Å²) in [6.45, 7) is 5.94. The summed E-state index contributed by atoms with van der Waals surface area (Å²) < 4.78 is 39.6. The molecule has 1 heterocycles. The van der Waals surface area contributed by atoms with E-state index in [0.717, 1.165) is 17.5 Å². The van der Waals surface area contributed by atoms with E-state index in [9.17, 15) is 17.6 Å². The number of benzene rings is 2. The van der Waals surface area contributed by atoms with Crippen molar-refractivity contribution in [1.82, 2.24) is 4.90 Å². The molecule has 0 aromatic heterocycles. The highest BCUT2D eigenvalue weighted by molar-refractivity contribution is 7.92. The lowest BCUT2D eigenvalue weighted by Crippen LogP contribution is -2.56. The Morgan fingerprint density at radius 1 is 1.03 bits per heavy atom. The van der Waals surface area contributed by atoms with Crippen LogP contribution in [0.15, 0.2) is 48.5 Å². The topological polar surface area (TPSA) is 60.9 Å². The minimum Gasteiger partial charge on any atom is -0.368 e. The Kier molecular flexibility index (Phi) is 6.65. The minimum absolute atomic E-state index is 0.192. The molecule has 162 valence electrons. The maximum absolute atomic E-state index is 13.3. The Balaban J connectivity index is 1.76. The Labute approximate surface area is 177 Å². The molecule has 1 aliphatic rings. The number of amides is 1. The molecular weight excluding hydrogens is 405 g/mol. The number of aryl methyl sites for hydroxylation is 1. The third kappa shape index (κ3) is 4.92. The summed E-state index contributed by atoms with van der Waals surface area (Å²) in [5, 5.41) is 0. The first kappa shape index (κ1) is 22.1. The summed E-state index contributed by atoms with van der Waals surface area (Å²) in [6, 6.07) is 12.7. The fourth-order valence-corrected chi connectivity index (χ4v) is 4.99. The second-order valence-electron chi connectivity index (χ2n) is 7.61. The maximum Gasteiger partial charge on any atom is 0.246 e. The number of anilines is 2. The van der Waals surface area contributed by atoms with E-state index in [1.54, 1.807) is 29.2 Å². The molecule has 2 aromatic rings. The number of carbonyl (C=O) groups is 1. The summed E-state index contributed by atoms with van der Waals surface area (Å²) in [5.74, 6) is -0.474. The summed E-state index contributed by atoms with van der Waals surface area (Å²) in [5.41, 5.74) is 2.42. The normalized spacial score (nSPS) is 15.7. The van der Waals surface area contributed by atoms with Crippen LogP contribution in [0.3, 0.4) is 0 Å². The highest BCUT2D eigenvalue weighted by Gasteiger charge is 2.35. The smallest absolute Gasteiger partial charge is 0.246 e. The van der Waals surface area contributed by atoms with Crippen molar-refractivity contribution >= 4 is 27.3 Å². The van der Waals surface area contributed by atoms with Gasteiger partial charge in [0, 0.05) is 31.9 Å². The van der Waals surface area contributed by atoms with E-state index in [0.29, 0.717) is 38.3 Å². The fourth-order valence-electron chi connectivity index (χ4n) is 3.78. The van der Waals surface area contributed by atoms with Gasteiger partial charge in [-0.3, -0.25) is 9.10 Å². The second kappa shape index (κ2) is 9.04. The highest BCUT2D eigenvalue weighted by atomic mass is 32.2. The first-order valence-electron chi connectivity index (χ1n) is 10.1. The predicted octanol–water partition coefficient (Wildman–Crippen LogP) is 3.03. The van der Waals surface area contributed by atoms with Gasteiger partial charge in [-0.05, 0) is 49.7 Å². The van der Waals surface area contributed by atoms with Gasteiger partial charge in [-0.15, -0.1) is 0 Å². The van der Waals surface area contributed by atoms with Gasteiger partial charge >= 0.3 is 0 Å². The van der Waals surface area contributed by atoms with Crippen LogP contribution in [-0.2, 0) is 14.8 Å². The Morgan fingerprint density at radius 3 is 2.10 bits per heavy atom. The van der Waals surface area contributed by atoms with Gasteiger partial charge in [0.2, 0.25) is 15.9 Å². The molecule has 1 amide bonds. The molecule has 2 aromatic carbocycles. The third-order valence-electron chi connectivity index (χ3n) is 5.38. The van der Waals surface area contributed by atoms with E-state index in [2.05, 4.69) is 4.90 Å². The molecule has 0 spiro atoms. The number of sulfonamides is 1. The quantitative estimate of drug-likeness (QED) is 0.703. The zero-order valence-corrected chi connectivity index (χ0v) is 18.4. The second-order valence-corrected chi connectivity index (χ2v) is 9.47. The van der Waals surface area contributed by atoms with Crippen molar-refractivity contribution in [2.75, 3.05) is 41.6 Å². The highest BCUT2D eigenvalue weighted by Crippen LogP contribution is 2.25. The number of hydrogen-bond donors (Lipinski definition) is 0. The van der Waals surface area contributed by atoms with Crippen LogP contribution in [0.2, 0.25) is 0 Å². The lowest BCUT2D eigenvalue weighted by atomic mass is 10.1.